The number of hydrogen-bond acceptors (Lipinski definition) is 5. The number of rotatable bonds is 8. The molecule has 0 amide bonds. The summed E-state index contributed by atoms with van der Waals surface area (Å²) in [4.78, 5) is 10.9. The van der Waals surface area contributed by atoms with Crippen molar-refractivity contribution in [3.63, 3.8) is 0 Å². The Labute approximate surface area is 163 Å². The highest BCUT2D eigenvalue weighted by Crippen LogP contribution is 2.37. The molecule has 0 radical (unpaired) electrons. The van der Waals surface area contributed by atoms with Crippen LogP contribution in [-0.2, 0) is 4.43 Å². The van der Waals surface area contributed by atoms with Gasteiger partial charge < -0.3 is 9.16 Å². The zero-order valence-electron chi connectivity index (χ0n) is 17.7. The molecule has 0 bridgehead atoms. The predicted octanol–water partition coefficient (Wildman–Crippen LogP) is 5.33. The van der Waals surface area contributed by atoms with Crippen LogP contribution in [0.4, 0.5) is 5.69 Å². The van der Waals surface area contributed by atoms with Gasteiger partial charge in [-0.05, 0) is 49.7 Å². The van der Waals surface area contributed by atoms with E-state index in [1.54, 1.807) is 4.68 Å². The third-order valence-corrected chi connectivity index (χ3v) is 10.6. The molecule has 154 valence electrons. The summed E-state index contributed by atoms with van der Waals surface area (Å²) in [6.07, 6.45) is 6.53. The predicted molar refractivity (Wildman–Crippen MR) is 109 cm³/mol. The van der Waals surface area contributed by atoms with Crippen molar-refractivity contribution in [2.75, 3.05) is 13.2 Å². The second-order valence-corrected chi connectivity index (χ2v) is 14.1. The van der Waals surface area contributed by atoms with E-state index >= 15 is 0 Å². The van der Waals surface area contributed by atoms with Crippen molar-refractivity contribution in [1.29, 1.82) is 0 Å². The van der Waals surface area contributed by atoms with Crippen molar-refractivity contribution in [2.45, 2.75) is 84.0 Å². The van der Waals surface area contributed by atoms with Crippen molar-refractivity contribution in [2.24, 2.45) is 5.92 Å². The summed E-state index contributed by atoms with van der Waals surface area (Å²) < 4.78 is 13.5. The van der Waals surface area contributed by atoms with Crippen LogP contribution in [0.2, 0.25) is 18.1 Å². The molecule has 0 N–H and O–H groups in total. The van der Waals surface area contributed by atoms with Crippen LogP contribution in [-0.4, -0.2) is 36.2 Å². The maximum Gasteiger partial charge on any atom is 0.350 e. The van der Waals surface area contributed by atoms with Gasteiger partial charge in [0.1, 0.15) is 6.20 Å². The van der Waals surface area contributed by atoms with Gasteiger partial charge in [-0.15, -0.1) is 5.10 Å². The van der Waals surface area contributed by atoms with E-state index in [-0.39, 0.29) is 22.6 Å². The van der Waals surface area contributed by atoms with Crippen LogP contribution >= 0.6 is 0 Å². The maximum absolute atomic E-state index is 11.4. The summed E-state index contributed by atoms with van der Waals surface area (Å²) in [5.74, 6) is 0.856. The second kappa shape index (κ2) is 8.73. The summed E-state index contributed by atoms with van der Waals surface area (Å²) >= 11 is 0. The monoisotopic (exact) mass is 397 g/mol. The van der Waals surface area contributed by atoms with E-state index < -0.39 is 13.2 Å². The van der Waals surface area contributed by atoms with Gasteiger partial charge in [-0.25, -0.2) is 0 Å². The van der Waals surface area contributed by atoms with E-state index in [9.17, 15) is 10.1 Å². The van der Waals surface area contributed by atoms with Gasteiger partial charge in [0.15, 0.2) is 8.32 Å². The van der Waals surface area contributed by atoms with E-state index in [0.29, 0.717) is 19.6 Å². The molecule has 1 aliphatic rings. The molecule has 27 heavy (non-hydrogen) atoms. The number of hydrogen-bond donors (Lipinski definition) is 0. The minimum Gasteiger partial charge on any atom is -0.472 e. The van der Waals surface area contributed by atoms with Gasteiger partial charge in [0.05, 0.1) is 17.6 Å². The van der Waals surface area contributed by atoms with E-state index in [1.807, 2.05) is 0 Å². The molecule has 0 atom stereocenters. The van der Waals surface area contributed by atoms with Gasteiger partial charge in [0.2, 0.25) is 0 Å². The number of ether oxygens (including phenoxy) is 1. The average molecular weight is 398 g/mol. The van der Waals surface area contributed by atoms with Crippen LogP contribution in [0.25, 0.3) is 0 Å². The molecule has 8 heteroatoms. The van der Waals surface area contributed by atoms with Crippen molar-refractivity contribution < 1.29 is 14.1 Å². The Bertz CT molecular complexity index is 631. The maximum atomic E-state index is 11.4. The smallest absolute Gasteiger partial charge is 0.350 e. The van der Waals surface area contributed by atoms with Crippen molar-refractivity contribution in [3.8, 4) is 5.88 Å². The van der Waals surface area contributed by atoms with Crippen LogP contribution in [0.5, 0.6) is 5.88 Å². The Kier molecular flexibility index (Phi) is 7.07. The SMILES string of the molecule is CC(C)(C)[Si](C)(C)OCCCOc1nn([C@H]2CC[C@H](C)CC2)cc1[N+](=O)[O-]. The lowest BCUT2D eigenvalue weighted by Gasteiger charge is -2.36. The van der Waals surface area contributed by atoms with Crippen LogP contribution in [0, 0.1) is 16.0 Å². The fourth-order valence-electron chi connectivity index (χ4n) is 3.06. The number of nitro groups is 1. The number of aromatic nitrogens is 2. The molecule has 2 rings (SSSR count). The van der Waals surface area contributed by atoms with E-state index in [0.717, 1.165) is 31.6 Å². The Morgan fingerprint density at radius 2 is 1.89 bits per heavy atom. The first-order valence-electron chi connectivity index (χ1n) is 10.0. The highest BCUT2D eigenvalue weighted by Gasteiger charge is 2.36. The molecular weight excluding hydrogens is 362 g/mol. The first-order chi connectivity index (χ1) is 12.5. The Hall–Kier alpha value is -1.41. The van der Waals surface area contributed by atoms with Gasteiger partial charge >= 0.3 is 11.6 Å². The van der Waals surface area contributed by atoms with Gasteiger partial charge in [-0.1, -0.05) is 27.7 Å². The molecule has 1 aromatic rings. The molecule has 1 saturated carbocycles. The second-order valence-electron chi connectivity index (χ2n) is 9.28. The Morgan fingerprint density at radius 3 is 2.44 bits per heavy atom. The summed E-state index contributed by atoms with van der Waals surface area (Å²) in [5, 5.41) is 15.9. The Morgan fingerprint density at radius 1 is 1.26 bits per heavy atom. The molecule has 1 aliphatic carbocycles. The highest BCUT2D eigenvalue weighted by molar-refractivity contribution is 6.74. The van der Waals surface area contributed by atoms with E-state index in [4.69, 9.17) is 9.16 Å². The lowest BCUT2D eigenvalue weighted by atomic mass is 9.87. The van der Waals surface area contributed by atoms with Crippen LogP contribution in [0.1, 0.15) is 65.8 Å². The number of nitrogens with zero attached hydrogens (tertiary/aromatic N) is 3. The molecule has 0 unspecified atom stereocenters. The topological polar surface area (TPSA) is 79.4 Å². The van der Waals surface area contributed by atoms with Gasteiger partial charge in [0.25, 0.3) is 0 Å². The molecule has 0 spiro atoms. The molecule has 1 fully saturated rings. The summed E-state index contributed by atoms with van der Waals surface area (Å²) in [6.45, 7) is 14.3. The fraction of sp³-hybridized carbons (Fsp3) is 0.842. The van der Waals surface area contributed by atoms with Crippen molar-refractivity contribution in [1.82, 2.24) is 9.78 Å². The zero-order valence-corrected chi connectivity index (χ0v) is 18.7. The standard InChI is InChI=1S/C19H35N3O4Si/c1-15-8-10-16(11-9-15)21-14-17(22(23)24)18(20-21)25-12-7-13-26-27(5,6)19(2,3)4/h14-16H,7-13H2,1-6H3/t15-,16-. The normalized spacial score (nSPS) is 21.3. The van der Waals surface area contributed by atoms with Crippen LogP contribution < -0.4 is 4.74 Å². The third kappa shape index (κ3) is 5.78. The van der Waals surface area contributed by atoms with E-state index in [2.05, 4.69) is 45.9 Å². The van der Waals surface area contributed by atoms with Crippen molar-refractivity contribution >= 4 is 14.0 Å². The average Bonchev–Trinajstić information content (AvgIpc) is 2.98. The first kappa shape index (κ1) is 21.9. The summed E-state index contributed by atoms with van der Waals surface area (Å²) in [6, 6.07) is 0.235. The van der Waals surface area contributed by atoms with Crippen molar-refractivity contribution in [3.05, 3.63) is 16.3 Å². The molecule has 0 aromatic carbocycles. The van der Waals surface area contributed by atoms with Gasteiger partial charge in [-0.3, -0.25) is 14.8 Å². The largest absolute Gasteiger partial charge is 0.472 e. The third-order valence-electron chi connectivity index (χ3n) is 6.03. The van der Waals surface area contributed by atoms with Gasteiger partial charge in [0, 0.05) is 13.0 Å². The molecule has 0 aliphatic heterocycles. The van der Waals surface area contributed by atoms with E-state index in [1.165, 1.54) is 6.20 Å². The lowest BCUT2D eigenvalue weighted by molar-refractivity contribution is -0.386. The summed E-state index contributed by atoms with van der Waals surface area (Å²) in [5.41, 5.74) is -0.0427. The first-order valence-corrected chi connectivity index (χ1v) is 12.9. The molecule has 1 heterocycles. The van der Waals surface area contributed by atoms with Crippen LogP contribution in [0.15, 0.2) is 6.20 Å². The zero-order chi connectivity index (χ0) is 20.2. The van der Waals surface area contributed by atoms with Gasteiger partial charge in [-0.2, -0.15) is 0 Å². The molecule has 1 aromatic heterocycles. The quantitative estimate of drug-likeness (QED) is 0.256. The lowest BCUT2D eigenvalue weighted by Crippen LogP contribution is -2.41. The molecule has 0 saturated heterocycles. The fourth-order valence-corrected chi connectivity index (χ4v) is 4.15. The Balaban J connectivity index is 1.89. The molecule has 7 nitrogen and oxygen atoms in total. The van der Waals surface area contributed by atoms with Crippen LogP contribution in [0.3, 0.4) is 0 Å². The minimum absolute atomic E-state index is 0.0427. The minimum atomic E-state index is -1.77. The molecular formula is C19H35N3O4Si. The summed E-state index contributed by atoms with van der Waals surface area (Å²) in [7, 11) is -1.77. The highest BCUT2D eigenvalue weighted by atomic mass is 28.4.